The molecule has 3 aliphatic heterocycles. The van der Waals surface area contributed by atoms with Crippen LogP contribution in [0.25, 0.3) is 10.9 Å². The summed E-state index contributed by atoms with van der Waals surface area (Å²) in [6.45, 7) is 3.02. The molecule has 6 heteroatoms. The van der Waals surface area contributed by atoms with E-state index in [1.54, 1.807) is 0 Å². The van der Waals surface area contributed by atoms with Gasteiger partial charge in [-0.15, -0.1) is 0 Å². The summed E-state index contributed by atoms with van der Waals surface area (Å²) in [5.74, 6) is -0.388. The van der Waals surface area contributed by atoms with Gasteiger partial charge in [-0.2, -0.15) is 0 Å². The molecule has 1 aromatic carbocycles. The number of carbonyl (C=O) groups excluding carboxylic acids is 1. The zero-order chi connectivity index (χ0) is 16.0. The molecule has 1 atom stereocenters. The molecule has 1 aromatic heterocycles. The van der Waals surface area contributed by atoms with Crippen LogP contribution in [-0.2, 0) is 0 Å². The maximum Gasteiger partial charge on any atom is 0.257 e. The number of nitrogens with zero attached hydrogens (tertiary/aromatic N) is 1. The van der Waals surface area contributed by atoms with Crippen LogP contribution < -0.4 is 10.7 Å². The molecule has 5 rings (SSSR count). The first kappa shape index (κ1) is 14.4. The number of H-pyrrole nitrogens is 1. The lowest BCUT2D eigenvalue weighted by molar-refractivity contribution is 0.0620. The van der Waals surface area contributed by atoms with Gasteiger partial charge in [0.1, 0.15) is 11.4 Å². The van der Waals surface area contributed by atoms with Gasteiger partial charge in [-0.25, -0.2) is 4.39 Å². The summed E-state index contributed by atoms with van der Waals surface area (Å²) in [5.41, 5.74) is -0.256. The third kappa shape index (κ3) is 2.43. The number of nitrogens with one attached hydrogen (secondary N) is 2. The number of pyridine rings is 1. The lowest BCUT2D eigenvalue weighted by Crippen LogP contribution is -2.57. The summed E-state index contributed by atoms with van der Waals surface area (Å²) in [7, 11) is 0. The second kappa shape index (κ2) is 5.45. The number of aromatic nitrogens is 1. The first-order valence-corrected chi connectivity index (χ1v) is 7.96. The van der Waals surface area contributed by atoms with E-state index in [2.05, 4.69) is 15.2 Å². The molecule has 0 spiro atoms. The van der Waals surface area contributed by atoms with Gasteiger partial charge in [0.15, 0.2) is 0 Å². The van der Waals surface area contributed by atoms with Crippen molar-refractivity contribution >= 4 is 16.8 Å². The number of halogens is 1. The smallest absolute Gasteiger partial charge is 0.257 e. The molecule has 120 valence electrons. The van der Waals surface area contributed by atoms with Gasteiger partial charge in [0.25, 0.3) is 5.91 Å². The maximum atomic E-state index is 13.7. The van der Waals surface area contributed by atoms with Crippen LogP contribution in [0, 0.1) is 11.7 Å². The minimum absolute atomic E-state index is 0.0412. The molecule has 3 fully saturated rings. The van der Waals surface area contributed by atoms with Crippen molar-refractivity contribution in [3.05, 3.63) is 46.0 Å². The van der Waals surface area contributed by atoms with Crippen LogP contribution in [0.4, 0.5) is 4.39 Å². The van der Waals surface area contributed by atoms with Crippen molar-refractivity contribution in [3.63, 3.8) is 0 Å². The van der Waals surface area contributed by atoms with Gasteiger partial charge >= 0.3 is 0 Å². The Balaban J connectivity index is 1.63. The molecule has 0 unspecified atom stereocenters. The summed E-state index contributed by atoms with van der Waals surface area (Å²) < 4.78 is 13.7. The van der Waals surface area contributed by atoms with Crippen molar-refractivity contribution in [3.8, 4) is 0 Å². The Labute approximate surface area is 132 Å². The summed E-state index contributed by atoms with van der Waals surface area (Å²) in [5, 5.41) is 3.19. The molecule has 2 N–H and O–H groups in total. The highest BCUT2D eigenvalue weighted by molar-refractivity contribution is 5.97. The maximum absolute atomic E-state index is 13.7. The largest absolute Gasteiger partial charge is 0.358 e. The van der Waals surface area contributed by atoms with E-state index in [1.807, 2.05) is 0 Å². The van der Waals surface area contributed by atoms with E-state index in [0.29, 0.717) is 5.92 Å². The van der Waals surface area contributed by atoms with E-state index < -0.39 is 11.2 Å². The number of aromatic amines is 1. The van der Waals surface area contributed by atoms with E-state index in [0.717, 1.165) is 32.5 Å². The van der Waals surface area contributed by atoms with Crippen LogP contribution in [0.5, 0.6) is 0 Å². The van der Waals surface area contributed by atoms with Gasteiger partial charge in [0.05, 0.1) is 5.52 Å². The number of fused-ring (bicyclic) bond motifs is 4. The van der Waals surface area contributed by atoms with Crippen LogP contribution in [0.2, 0.25) is 0 Å². The third-order valence-corrected chi connectivity index (χ3v) is 5.08. The van der Waals surface area contributed by atoms with Crippen LogP contribution in [-0.4, -0.2) is 41.5 Å². The lowest BCUT2D eigenvalue weighted by atomic mass is 9.84. The monoisotopic (exact) mass is 315 g/mol. The Morgan fingerprint density at radius 1 is 1.30 bits per heavy atom. The highest BCUT2D eigenvalue weighted by Crippen LogP contribution is 2.27. The lowest BCUT2D eigenvalue weighted by Gasteiger charge is -2.44. The number of hydrogen-bond acceptors (Lipinski definition) is 3. The third-order valence-electron chi connectivity index (χ3n) is 5.08. The molecule has 0 aliphatic carbocycles. The fourth-order valence-corrected chi connectivity index (χ4v) is 3.76. The van der Waals surface area contributed by atoms with Crippen molar-refractivity contribution in [1.29, 1.82) is 0 Å². The Morgan fingerprint density at radius 2 is 2.09 bits per heavy atom. The predicted octanol–water partition coefficient (Wildman–Crippen LogP) is 1.49. The van der Waals surface area contributed by atoms with Gasteiger partial charge in [0, 0.05) is 24.2 Å². The van der Waals surface area contributed by atoms with Gasteiger partial charge < -0.3 is 15.2 Å². The fourth-order valence-electron chi connectivity index (χ4n) is 3.76. The molecule has 3 aliphatic rings. The summed E-state index contributed by atoms with van der Waals surface area (Å²) in [6, 6.07) is 4.38. The number of piperidine rings is 3. The molecule has 0 radical (unpaired) electrons. The first-order chi connectivity index (χ1) is 11.1. The molecule has 3 saturated heterocycles. The van der Waals surface area contributed by atoms with Crippen LogP contribution in [0.3, 0.4) is 0 Å². The zero-order valence-corrected chi connectivity index (χ0v) is 12.6. The first-order valence-electron chi connectivity index (χ1n) is 7.96. The Morgan fingerprint density at radius 3 is 2.78 bits per heavy atom. The number of benzene rings is 1. The molecular formula is C17H18FN3O2. The normalized spacial score (nSPS) is 26.4. The van der Waals surface area contributed by atoms with E-state index >= 15 is 0 Å². The van der Waals surface area contributed by atoms with Crippen LogP contribution in [0.15, 0.2) is 29.2 Å². The SMILES string of the molecule is O=C(N[C@@H]1CN2CCC1CC2)c1c[nH]c2c(F)cccc2c1=O. The standard InChI is InChI=1S/C17H18FN3O2/c18-13-3-1-2-11-15(13)19-8-12(16(11)22)17(23)20-14-9-21-6-4-10(14)5-7-21/h1-3,8,10,14H,4-7,9H2,(H,19,22)(H,20,23)/t14-/m1/s1. The molecule has 5 nitrogen and oxygen atoms in total. The predicted molar refractivity (Wildman–Crippen MR) is 84.9 cm³/mol. The van der Waals surface area contributed by atoms with Crippen molar-refractivity contribution in [1.82, 2.24) is 15.2 Å². The number of amides is 1. The van der Waals surface area contributed by atoms with Crippen LogP contribution in [0.1, 0.15) is 23.2 Å². The average molecular weight is 315 g/mol. The van der Waals surface area contributed by atoms with E-state index in [-0.39, 0.29) is 28.4 Å². The molecular weight excluding hydrogens is 297 g/mol. The Bertz CT molecular complexity index is 824. The summed E-state index contributed by atoms with van der Waals surface area (Å²) in [6.07, 6.45) is 3.49. The van der Waals surface area contributed by atoms with Crippen molar-refractivity contribution in [2.45, 2.75) is 18.9 Å². The molecule has 2 aromatic rings. The zero-order valence-electron chi connectivity index (χ0n) is 12.6. The topological polar surface area (TPSA) is 65.2 Å². The Hall–Kier alpha value is -2.21. The van der Waals surface area contributed by atoms with Crippen molar-refractivity contribution < 1.29 is 9.18 Å². The van der Waals surface area contributed by atoms with Gasteiger partial charge in [-0.3, -0.25) is 9.59 Å². The average Bonchev–Trinajstić information content (AvgIpc) is 2.57. The highest BCUT2D eigenvalue weighted by Gasteiger charge is 2.35. The van der Waals surface area contributed by atoms with Crippen molar-refractivity contribution in [2.24, 2.45) is 5.92 Å². The second-order valence-corrected chi connectivity index (χ2v) is 6.41. The van der Waals surface area contributed by atoms with Crippen LogP contribution >= 0.6 is 0 Å². The number of rotatable bonds is 2. The quantitative estimate of drug-likeness (QED) is 0.882. The van der Waals surface area contributed by atoms with E-state index in [1.165, 1.54) is 24.4 Å². The molecule has 0 saturated carbocycles. The van der Waals surface area contributed by atoms with E-state index in [4.69, 9.17) is 0 Å². The number of hydrogen-bond donors (Lipinski definition) is 2. The number of para-hydroxylation sites is 1. The summed E-state index contributed by atoms with van der Waals surface area (Å²) in [4.78, 5) is 30.0. The molecule has 4 heterocycles. The van der Waals surface area contributed by atoms with Gasteiger partial charge in [-0.05, 0) is 44.0 Å². The number of carbonyl (C=O) groups is 1. The minimum atomic E-state index is -0.496. The summed E-state index contributed by atoms with van der Waals surface area (Å²) >= 11 is 0. The van der Waals surface area contributed by atoms with Gasteiger partial charge in [0.2, 0.25) is 5.43 Å². The molecule has 1 amide bonds. The fraction of sp³-hybridized carbons (Fsp3) is 0.412. The minimum Gasteiger partial charge on any atom is -0.358 e. The Kier molecular flexibility index (Phi) is 3.41. The molecule has 23 heavy (non-hydrogen) atoms. The molecule has 2 bridgehead atoms. The van der Waals surface area contributed by atoms with Crippen molar-refractivity contribution in [2.75, 3.05) is 19.6 Å². The second-order valence-electron chi connectivity index (χ2n) is 6.41. The van der Waals surface area contributed by atoms with Gasteiger partial charge in [-0.1, -0.05) is 6.07 Å². The highest BCUT2D eigenvalue weighted by atomic mass is 19.1. The van der Waals surface area contributed by atoms with E-state index in [9.17, 15) is 14.0 Å².